The highest BCUT2D eigenvalue weighted by Gasteiger charge is 2.13. The number of ether oxygens (including phenoxy) is 1. The molecule has 0 saturated heterocycles. The first-order valence-electron chi connectivity index (χ1n) is 22.7. The molecule has 334 valence electrons. The summed E-state index contributed by atoms with van der Waals surface area (Å²) in [7, 11) is 0. The zero-order chi connectivity index (χ0) is 46.2. The SMILES string of the molecule is O=C(Nc1ccc(CCCn2cc(-c3cccnc3)nn2)cc1)c1ccccc1-c1ccccc1.c1ccc(-c2ccccc2OCCCc2ccc(-n3cc(-c4cccnc4)nn3)cc2)cc1. The predicted octanol–water partition coefficient (Wildman–Crippen LogP) is 11.9. The second kappa shape index (κ2) is 22.4. The van der Waals surface area contributed by atoms with Gasteiger partial charge in [-0.05, 0) is 114 Å². The summed E-state index contributed by atoms with van der Waals surface area (Å²) in [5, 5.41) is 20.0. The maximum Gasteiger partial charge on any atom is 0.256 e. The van der Waals surface area contributed by atoms with E-state index in [2.05, 4.69) is 103 Å². The van der Waals surface area contributed by atoms with Crippen LogP contribution in [-0.4, -0.2) is 52.5 Å². The molecule has 0 aliphatic rings. The van der Waals surface area contributed by atoms with Crippen molar-refractivity contribution in [2.24, 2.45) is 0 Å². The Hall–Kier alpha value is -8.83. The maximum absolute atomic E-state index is 13.0. The first kappa shape index (κ1) is 44.4. The summed E-state index contributed by atoms with van der Waals surface area (Å²) in [5.74, 6) is 0.808. The van der Waals surface area contributed by atoms with Gasteiger partial charge in [-0.25, -0.2) is 4.68 Å². The molecule has 6 aromatic carbocycles. The number of aromatic nitrogens is 8. The lowest BCUT2D eigenvalue weighted by Gasteiger charge is -2.12. The predicted molar refractivity (Wildman–Crippen MR) is 268 cm³/mol. The number of aryl methyl sites for hydroxylation is 3. The van der Waals surface area contributed by atoms with Gasteiger partial charge in [0.1, 0.15) is 17.1 Å². The second-order valence-electron chi connectivity index (χ2n) is 16.0. The van der Waals surface area contributed by atoms with Crippen molar-refractivity contribution >= 4 is 11.6 Å². The molecule has 10 aromatic rings. The van der Waals surface area contributed by atoms with E-state index in [1.54, 1.807) is 29.5 Å². The van der Waals surface area contributed by atoms with Crippen molar-refractivity contribution in [1.29, 1.82) is 0 Å². The largest absolute Gasteiger partial charge is 0.493 e. The van der Waals surface area contributed by atoms with Crippen LogP contribution in [0.1, 0.15) is 34.3 Å². The number of nitrogens with zero attached hydrogens (tertiary/aromatic N) is 8. The molecule has 11 heteroatoms. The summed E-state index contributed by atoms with van der Waals surface area (Å²) in [5.41, 5.74) is 12.7. The van der Waals surface area contributed by atoms with E-state index in [1.807, 2.05) is 132 Å². The van der Waals surface area contributed by atoms with Gasteiger partial charge in [-0.2, -0.15) is 0 Å². The molecule has 0 radical (unpaired) electrons. The van der Waals surface area contributed by atoms with Crippen LogP contribution in [0.2, 0.25) is 0 Å². The Morgan fingerprint density at radius 3 is 1.75 bits per heavy atom. The molecule has 0 atom stereocenters. The number of carbonyl (C=O) groups is 1. The topological polar surface area (TPSA) is 126 Å². The smallest absolute Gasteiger partial charge is 0.256 e. The fourth-order valence-electron chi connectivity index (χ4n) is 7.76. The monoisotopic (exact) mass is 891 g/mol. The van der Waals surface area contributed by atoms with E-state index in [0.717, 1.165) is 88.6 Å². The summed E-state index contributed by atoms with van der Waals surface area (Å²) in [6.45, 7) is 1.45. The number of pyridine rings is 2. The third-order valence-corrected chi connectivity index (χ3v) is 11.3. The molecule has 0 aliphatic carbocycles. The summed E-state index contributed by atoms with van der Waals surface area (Å²) in [4.78, 5) is 21.3. The Morgan fingerprint density at radius 2 is 1.07 bits per heavy atom. The number of hydrogen-bond donors (Lipinski definition) is 1. The fraction of sp³-hybridized carbons (Fsp3) is 0.105. The minimum absolute atomic E-state index is 0.118. The van der Waals surface area contributed by atoms with Gasteiger partial charge in [-0.1, -0.05) is 132 Å². The van der Waals surface area contributed by atoms with Crippen LogP contribution in [0.3, 0.4) is 0 Å². The van der Waals surface area contributed by atoms with Gasteiger partial charge in [0.2, 0.25) is 0 Å². The highest BCUT2D eigenvalue weighted by molar-refractivity contribution is 6.08. The van der Waals surface area contributed by atoms with Gasteiger partial charge in [0.05, 0.1) is 24.7 Å². The molecule has 4 aromatic heterocycles. The summed E-state index contributed by atoms with van der Waals surface area (Å²) in [6, 6.07) is 60.4. The summed E-state index contributed by atoms with van der Waals surface area (Å²) >= 11 is 0. The normalized spacial score (nSPS) is 10.8. The Morgan fingerprint density at radius 1 is 0.515 bits per heavy atom. The third-order valence-electron chi connectivity index (χ3n) is 11.3. The molecular formula is C57H49N9O2. The number of anilines is 1. The van der Waals surface area contributed by atoms with Gasteiger partial charge in [0, 0.05) is 59.3 Å². The van der Waals surface area contributed by atoms with E-state index < -0.39 is 0 Å². The number of rotatable bonds is 16. The molecule has 0 aliphatic heterocycles. The van der Waals surface area contributed by atoms with Gasteiger partial charge in [-0.15, -0.1) is 10.2 Å². The fourth-order valence-corrected chi connectivity index (χ4v) is 7.76. The van der Waals surface area contributed by atoms with Crippen molar-refractivity contribution in [3.63, 3.8) is 0 Å². The summed E-state index contributed by atoms with van der Waals surface area (Å²) in [6.07, 6.45) is 14.7. The van der Waals surface area contributed by atoms with Crippen molar-refractivity contribution in [3.8, 4) is 56.2 Å². The van der Waals surface area contributed by atoms with Crippen molar-refractivity contribution in [3.05, 3.63) is 236 Å². The quantitative estimate of drug-likeness (QED) is 0.0951. The number of carbonyl (C=O) groups excluding carboxylic acids is 1. The molecular weight excluding hydrogens is 843 g/mol. The highest BCUT2D eigenvalue weighted by Crippen LogP contribution is 2.30. The van der Waals surface area contributed by atoms with Gasteiger partial charge >= 0.3 is 0 Å². The van der Waals surface area contributed by atoms with Crippen LogP contribution in [-0.2, 0) is 19.4 Å². The lowest BCUT2D eigenvalue weighted by molar-refractivity contribution is 0.102. The highest BCUT2D eigenvalue weighted by atomic mass is 16.5. The molecule has 0 fully saturated rings. The number of amides is 1. The Labute approximate surface area is 395 Å². The molecule has 0 unspecified atom stereocenters. The van der Waals surface area contributed by atoms with Crippen LogP contribution in [0, 0.1) is 0 Å². The van der Waals surface area contributed by atoms with E-state index >= 15 is 0 Å². The van der Waals surface area contributed by atoms with Crippen LogP contribution < -0.4 is 10.1 Å². The molecule has 0 saturated carbocycles. The average molecular weight is 892 g/mol. The number of nitrogens with one attached hydrogen (secondary N) is 1. The minimum atomic E-state index is -0.118. The van der Waals surface area contributed by atoms with Crippen LogP contribution in [0.4, 0.5) is 5.69 Å². The number of benzene rings is 6. The Bertz CT molecular complexity index is 3120. The third kappa shape index (κ3) is 11.7. The van der Waals surface area contributed by atoms with Gasteiger partial charge in [-0.3, -0.25) is 19.4 Å². The lowest BCUT2D eigenvalue weighted by Crippen LogP contribution is -2.13. The molecule has 4 heterocycles. The van der Waals surface area contributed by atoms with E-state index in [1.165, 1.54) is 16.7 Å². The van der Waals surface area contributed by atoms with Crippen molar-refractivity contribution in [1.82, 2.24) is 40.0 Å². The first-order chi connectivity index (χ1) is 33.6. The maximum atomic E-state index is 13.0. The van der Waals surface area contributed by atoms with Crippen LogP contribution in [0.15, 0.2) is 219 Å². The number of hydrogen-bond acceptors (Lipinski definition) is 8. The molecule has 1 N–H and O–H groups in total. The van der Waals surface area contributed by atoms with E-state index in [-0.39, 0.29) is 5.91 Å². The van der Waals surface area contributed by atoms with E-state index in [9.17, 15) is 4.79 Å². The van der Waals surface area contributed by atoms with Crippen LogP contribution in [0.5, 0.6) is 5.75 Å². The van der Waals surface area contributed by atoms with Crippen molar-refractivity contribution in [2.75, 3.05) is 11.9 Å². The Balaban J connectivity index is 0.000000170. The molecule has 1 amide bonds. The standard InChI is InChI=1S/C29H25N5O.C28H24N4O/c35-29(27-13-5-4-12-26(27)23-9-2-1-3-10-23)31-25-16-14-22(15-17-25)8-7-19-34-21-28(32-33-34)24-11-6-18-30-20-24;1-2-9-23(10-3-1)26-12-4-5-13-28(26)33-19-7-8-22-14-16-25(17-15-22)32-21-27(30-31-32)24-11-6-18-29-20-24/h1-6,9-18,20-21H,7-8,19H2,(H,31,35);1-6,9-18,20-21H,7-8,19H2. The number of para-hydroxylation sites is 1. The lowest BCUT2D eigenvalue weighted by atomic mass is 9.99. The van der Waals surface area contributed by atoms with Crippen molar-refractivity contribution < 1.29 is 9.53 Å². The van der Waals surface area contributed by atoms with E-state index in [0.29, 0.717) is 12.2 Å². The Kier molecular flexibility index (Phi) is 14.6. The second-order valence-corrected chi connectivity index (χ2v) is 16.0. The van der Waals surface area contributed by atoms with Gasteiger partial charge in [0.15, 0.2) is 0 Å². The van der Waals surface area contributed by atoms with E-state index in [4.69, 9.17) is 4.74 Å². The van der Waals surface area contributed by atoms with Gasteiger partial charge in [0.25, 0.3) is 5.91 Å². The summed E-state index contributed by atoms with van der Waals surface area (Å²) < 4.78 is 9.77. The molecule has 0 spiro atoms. The zero-order valence-electron chi connectivity index (χ0n) is 37.4. The zero-order valence-corrected chi connectivity index (χ0v) is 37.4. The first-order valence-corrected chi connectivity index (χ1v) is 22.7. The molecule has 0 bridgehead atoms. The van der Waals surface area contributed by atoms with Crippen LogP contribution >= 0.6 is 0 Å². The molecule has 11 nitrogen and oxygen atoms in total. The van der Waals surface area contributed by atoms with Crippen molar-refractivity contribution in [2.45, 2.75) is 32.2 Å². The van der Waals surface area contributed by atoms with Crippen LogP contribution in [0.25, 0.3) is 50.5 Å². The molecule has 10 rings (SSSR count). The molecule has 68 heavy (non-hydrogen) atoms. The van der Waals surface area contributed by atoms with Gasteiger partial charge < -0.3 is 10.1 Å². The minimum Gasteiger partial charge on any atom is -0.493 e. The average Bonchev–Trinajstić information content (AvgIpc) is 4.11.